The molecule has 0 radical (unpaired) electrons. The second-order valence-corrected chi connectivity index (χ2v) is 13.8. The van der Waals surface area contributed by atoms with Gasteiger partial charge in [0.15, 0.2) is 6.10 Å². The van der Waals surface area contributed by atoms with Crippen LogP contribution in [0.15, 0.2) is 24.3 Å². The molecular formula is C37H69O8P. The van der Waals surface area contributed by atoms with E-state index in [1.54, 1.807) is 0 Å². The van der Waals surface area contributed by atoms with Crippen molar-refractivity contribution in [3.8, 4) is 0 Å². The molecule has 0 amide bonds. The number of carbonyl (C=O) groups excluding carboxylic acids is 2. The number of phosphoric acid groups is 1. The molecule has 0 aromatic rings. The molecule has 0 saturated heterocycles. The fourth-order valence-electron chi connectivity index (χ4n) is 5.17. The maximum atomic E-state index is 12.3. The van der Waals surface area contributed by atoms with E-state index in [1.807, 2.05) is 0 Å². The summed E-state index contributed by atoms with van der Waals surface area (Å²) in [7, 11) is -4.75. The summed E-state index contributed by atoms with van der Waals surface area (Å²) in [5, 5.41) is 0. The summed E-state index contributed by atoms with van der Waals surface area (Å²) < 4.78 is 26.3. The molecule has 0 spiro atoms. The molecule has 0 aliphatic carbocycles. The minimum Gasteiger partial charge on any atom is -0.462 e. The van der Waals surface area contributed by atoms with Gasteiger partial charge in [0.05, 0.1) is 6.61 Å². The monoisotopic (exact) mass is 672 g/mol. The number of hydrogen-bond acceptors (Lipinski definition) is 6. The van der Waals surface area contributed by atoms with Crippen molar-refractivity contribution in [2.45, 2.75) is 187 Å². The summed E-state index contributed by atoms with van der Waals surface area (Å²) in [6.07, 6.45) is 36.1. The summed E-state index contributed by atoms with van der Waals surface area (Å²) in [4.78, 5) is 42.6. The minimum atomic E-state index is -4.75. The Labute approximate surface area is 281 Å². The van der Waals surface area contributed by atoms with Crippen molar-refractivity contribution in [1.29, 1.82) is 0 Å². The number of ether oxygens (including phenoxy) is 2. The Morgan fingerprint density at radius 3 is 1.48 bits per heavy atom. The van der Waals surface area contributed by atoms with E-state index >= 15 is 0 Å². The largest absolute Gasteiger partial charge is 0.469 e. The average molecular weight is 673 g/mol. The maximum absolute atomic E-state index is 12.3. The molecule has 0 heterocycles. The molecule has 0 aliphatic heterocycles. The Morgan fingerprint density at radius 2 is 0.978 bits per heavy atom. The number of hydrogen-bond donors (Lipinski definition) is 2. The molecule has 0 fully saturated rings. The highest BCUT2D eigenvalue weighted by Crippen LogP contribution is 2.36. The van der Waals surface area contributed by atoms with Crippen LogP contribution in [-0.4, -0.2) is 41.0 Å². The fraction of sp³-hybridized carbons (Fsp3) is 0.838. The Balaban J connectivity index is 3.98. The van der Waals surface area contributed by atoms with Crippen molar-refractivity contribution in [3.05, 3.63) is 24.3 Å². The molecule has 0 bridgehead atoms. The highest BCUT2D eigenvalue weighted by Gasteiger charge is 2.22. The Hall–Kier alpha value is -1.47. The molecule has 0 unspecified atom stereocenters. The minimum absolute atomic E-state index is 0.212. The molecule has 0 aliphatic rings. The van der Waals surface area contributed by atoms with Crippen LogP contribution in [0, 0.1) is 0 Å². The third kappa shape index (κ3) is 35.4. The van der Waals surface area contributed by atoms with Crippen LogP contribution in [0.25, 0.3) is 0 Å². The first-order valence-electron chi connectivity index (χ1n) is 18.6. The van der Waals surface area contributed by atoms with Crippen molar-refractivity contribution in [2.24, 2.45) is 0 Å². The second-order valence-electron chi connectivity index (χ2n) is 12.6. The van der Waals surface area contributed by atoms with Crippen molar-refractivity contribution < 1.29 is 37.9 Å². The zero-order chi connectivity index (χ0) is 34.0. The molecule has 0 aromatic carbocycles. The standard InChI is InChI=1S/C37H69O8P/c1-3-5-7-9-11-13-15-17-18-20-21-23-25-27-29-31-36(38)43-33-35(34-44-46(40,41)42)45-37(39)32-30-28-26-24-22-19-16-14-12-10-8-6-4-2/h11,13,17-18,35H,3-10,12,14-16,19-34H2,1-2H3,(H2,40,41,42)/b13-11-,18-17-/t35-/m1/s1. The van der Waals surface area contributed by atoms with Crippen molar-refractivity contribution in [2.75, 3.05) is 13.2 Å². The summed E-state index contributed by atoms with van der Waals surface area (Å²) in [6.45, 7) is 3.64. The van der Waals surface area contributed by atoms with Crippen LogP contribution in [0.4, 0.5) is 0 Å². The summed E-state index contributed by atoms with van der Waals surface area (Å²) in [6, 6.07) is 0. The van der Waals surface area contributed by atoms with Crippen LogP contribution in [0.3, 0.4) is 0 Å². The highest BCUT2D eigenvalue weighted by atomic mass is 31.2. The van der Waals surface area contributed by atoms with Gasteiger partial charge >= 0.3 is 19.8 Å². The Morgan fingerprint density at radius 1 is 0.565 bits per heavy atom. The first kappa shape index (κ1) is 44.5. The van der Waals surface area contributed by atoms with Crippen LogP contribution < -0.4 is 0 Å². The smallest absolute Gasteiger partial charge is 0.462 e. The van der Waals surface area contributed by atoms with Gasteiger partial charge in [-0.15, -0.1) is 0 Å². The van der Waals surface area contributed by atoms with Crippen LogP contribution >= 0.6 is 7.82 Å². The van der Waals surface area contributed by atoms with Gasteiger partial charge in [-0.05, 0) is 44.9 Å². The lowest BCUT2D eigenvalue weighted by molar-refractivity contribution is -0.161. The number of esters is 2. The zero-order valence-electron chi connectivity index (χ0n) is 29.5. The molecule has 1 atom stereocenters. The molecule has 0 aromatic heterocycles. The highest BCUT2D eigenvalue weighted by molar-refractivity contribution is 7.46. The third-order valence-corrected chi connectivity index (χ3v) is 8.46. The molecular weight excluding hydrogens is 603 g/mol. The molecule has 270 valence electrons. The third-order valence-electron chi connectivity index (χ3n) is 7.97. The van der Waals surface area contributed by atoms with Gasteiger partial charge in [-0.1, -0.05) is 147 Å². The van der Waals surface area contributed by atoms with Crippen molar-refractivity contribution >= 4 is 19.8 Å². The summed E-state index contributed by atoms with van der Waals surface area (Å²) >= 11 is 0. The first-order chi connectivity index (χ1) is 22.3. The van der Waals surface area contributed by atoms with E-state index in [-0.39, 0.29) is 19.4 Å². The summed E-state index contributed by atoms with van der Waals surface area (Å²) in [5.74, 6) is -0.897. The van der Waals surface area contributed by atoms with E-state index in [2.05, 4.69) is 42.7 Å². The van der Waals surface area contributed by atoms with E-state index in [9.17, 15) is 14.2 Å². The van der Waals surface area contributed by atoms with Gasteiger partial charge < -0.3 is 19.3 Å². The zero-order valence-corrected chi connectivity index (χ0v) is 30.4. The first-order valence-corrected chi connectivity index (χ1v) is 20.2. The molecule has 9 heteroatoms. The Kier molecular flexibility index (Phi) is 32.4. The quantitative estimate of drug-likeness (QED) is 0.0300. The van der Waals surface area contributed by atoms with Gasteiger partial charge in [-0.2, -0.15) is 0 Å². The van der Waals surface area contributed by atoms with Crippen LogP contribution in [-0.2, 0) is 28.2 Å². The number of unbranched alkanes of at least 4 members (excludes halogenated alkanes) is 20. The van der Waals surface area contributed by atoms with E-state index in [0.717, 1.165) is 57.8 Å². The van der Waals surface area contributed by atoms with Crippen LogP contribution in [0.5, 0.6) is 0 Å². The van der Waals surface area contributed by atoms with Gasteiger partial charge in [0.25, 0.3) is 0 Å². The van der Waals surface area contributed by atoms with Gasteiger partial charge in [-0.25, -0.2) is 4.57 Å². The van der Waals surface area contributed by atoms with E-state index in [1.165, 1.54) is 83.5 Å². The van der Waals surface area contributed by atoms with E-state index in [4.69, 9.17) is 19.3 Å². The molecule has 2 N–H and O–H groups in total. The number of allylic oxidation sites excluding steroid dienone is 4. The molecule has 8 nitrogen and oxygen atoms in total. The number of phosphoric ester groups is 1. The van der Waals surface area contributed by atoms with Gasteiger partial charge in [0, 0.05) is 12.8 Å². The number of rotatable bonds is 34. The lowest BCUT2D eigenvalue weighted by Crippen LogP contribution is -2.29. The van der Waals surface area contributed by atoms with Crippen LogP contribution in [0.2, 0.25) is 0 Å². The van der Waals surface area contributed by atoms with Gasteiger partial charge in [0.1, 0.15) is 6.61 Å². The summed E-state index contributed by atoms with van der Waals surface area (Å²) in [5.41, 5.74) is 0. The SMILES string of the molecule is CCCCC/C=C\C/C=C\CCCCCCCC(=O)OC[C@H](COP(=O)(O)O)OC(=O)CCCCCCCCCCCCCCC. The van der Waals surface area contributed by atoms with E-state index < -0.39 is 32.5 Å². The maximum Gasteiger partial charge on any atom is 0.469 e. The lowest BCUT2D eigenvalue weighted by atomic mass is 10.0. The lowest BCUT2D eigenvalue weighted by Gasteiger charge is -2.18. The fourth-order valence-corrected chi connectivity index (χ4v) is 5.53. The molecule has 0 saturated carbocycles. The van der Waals surface area contributed by atoms with E-state index in [0.29, 0.717) is 12.8 Å². The average Bonchev–Trinajstić information content (AvgIpc) is 3.02. The topological polar surface area (TPSA) is 119 Å². The molecule has 46 heavy (non-hydrogen) atoms. The molecule has 0 rings (SSSR count). The van der Waals surface area contributed by atoms with Gasteiger partial charge in [0.2, 0.25) is 0 Å². The van der Waals surface area contributed by atoms with Crippen molar-refractivity contribution in [1.82, 2.24) is 0 Å². The van der Waals surface area contributed by atoms with Crippen molar-refractivity contribution in [3.63, 3.8) is 0 Å². The van der Waals surface area contributed by atoms with Crippen LogP contribution in [0.1, 0.15) is 181 Å². The normalized spacial score (nSPS) is 12.7. The number of carbonyl (C=O) groups is 2. The van der Waals surface area contributed by atoms with Gasteiger partial charge in [-0.3, -0.25) is 14.1 Å². The Bertz CT molecular complexity index is 807. The predicted octanol–water partition coefficient (Wildman–Crippen LogP) is 10.8. The second kappa shape index (κ2) is 33.4. The predicted molar refractivity (Wildman–Crippen MR) is 189 cm³/mol.